The van der Waals surface area contributed by atoms with E-state index >= 15 is 0 Å². The van der Waals surface area contributed by atoms with Crippen molar-refractivity contribution in [2.75, 3.05) is 20.3 Å². The number of ether oxygens (including phenoxy) is 1. The molecule has 0 aliphatic rings. The number of para-hydroxylation sites is 2. The lowest BCUT2D eigenvalue weighted by Crippen LogP contribution is -2.32. The smallest absolute Gasteiger partial charge is 0.251 e. The van der Waals surface area contributed by atoms with Crippen molar-refractivity contribution in [3.8, 4) is 0 Å². The number of methoxy groups -OCH3 is 1. The van der Waals surface area contributed by atoms with E-state index in [1.54, 1.807) is 13.2 Å². The molecule has 0 radical (unpaired) electrons. The zero-order chi connectivity index (χ0) is 21.5. The summed E-state index contributed by atoms with van der Waals surface area (Å²) in [6.45, 7) is 5.11. The molecule has 0 bridgehead atoms. The van der Waals surface area contributed by atoms with Crippen molar-refractivity contribution >= 4 is 22.8 Å². The largest absolute Gasteiger partial charge is 0.385 e. The van der Waals surface area contributed by atoms with Gasteiger partial charge in [0.25, 0.3) is 5.91 Å². The van der Waals surface area contributed by atoms with Gasteiger partial charge >= 0.3 is 0 Å². The zero-order valence-corrected chi connectivity index (χ0v) is 17.6. The predicted octanol–water partition coefficient (Wildman–Crippen LogP) is 2.99. The Balaban J connectivity index is 1.79. The van der Waals surface area contributed by atoms with Crippen molar-refractivity contribution in [1.82, 2.24) is 20.2 Å². The van der Waals surface area contributed by atoms with E-state index in [9.17, 15) is 9.59 Å². The number of nitrogens with zero attached hydrogens (tertiary/aromatic N) is 2. The molecule has 0 saturated heterocycles. The van der Waals surface area contributed by atoms with Crippen LogP contribution < -0.4 is 10.6 Å². The lowest BCUT2D eigenvalue weighted by atomic mass is 10.1. The van der Waals surface area contributed by atoms with Crippen LogP contribution in [0.1, 0.15) is 41.1 Å². The third kappa shape index (κ3) is 5.24. The Bertz CT molecular complexity index is 1030. The van der Waals surface area contributed by atoms with Gasteiger partial charge in [-0.05, 0) is 44.5 Å². The summed E-state index contributed by atoms with van der Waals surface area (Å²) in [5.74, 6) is 0.366. The maximum Gasteiger partial charge on any atom is 0.251 e. The number of rotatable bonds is 9. The maximum absolute atomic E-state index is 12.7. The van der Waals surface area contributed by atoms with Crippen LogP contribution in [0, 0.1) is 6.92 Å². The summed E-state index contributed by atoms with van der Waals surface area (Å²) in [4.78, 5) is 29.9. The molecule has 158 valence electrons. The van der Waals surface area contributed by atoms with Gasteiger partial charge in [0.05, 0.1) is 17.1 Å². The number of imidazole rings is 1. The van der Waals surface area contributed by atoms with E-state index < -0.39 is 0 Å². The Hall–Kier alpha value is -3.19. The van der Waals surface area contributed by atoms with Gasteiger partial charge in [-0.2, -0.15) is 0 Å². The SMILES string of the molecule is COCCCNC(=O)Cn1c(C(C)NC(=O)c2cccc(C)c2)nc2ccccc21. The van der Waals surface area contributed by atoms with Crippen molar-refractivity contribution in [3.05, 3.63) is 65.5 Å². The third-order valence-electron chi connectivity index (χ3n) is 4.85. The third-order valence-corrected chi connectivity index (χ3v) is 4.85. The Morgan fingerprint density at radius 1 is 1.17 bits per heavy atom. The number of benzene rings is 2. The molecule has 1 atom stereocenters. The highest BCUT2D eigenvalue weighted by atomic mass is 16.5. The van der Waals surface area contributed by atoms with E-state index in [1.807, 2.05) is 60.9 Å². The van der Waals surface area contributed by atoms with Gasteiger partial charge in [0, 0.05) is 25.8 Å². The van der Waals surface area contributed by atoms with Crippen molar-refractivity contribution in [2.24, 2.45) is 0 Å². The van der Waals surface area contributed by atoms with Crippen LogP contribution in [0.3, 0.4) is 0 Å². The molecule has 0 aliphatic carbocycles. The number of aryl methyl sites for hydroxylation is 1. The molecule has 30 heavy (non-hydrogen) atoms. The van der Waals surface area contributed by atoms with Crippen molar-refractivity contribution in [3.63, 3.8) is 0 Å². The molecule has 2 aromatic carbocycles. The number of fused-ring (bicyclic) bond motifs is 1. The van der Waals surface area contributed by atoms with E-state index in [-0.39, 0.29) is 24.4 Å². The second kappa shape index (κ2) is 10.0. The summed E-state index contributed by atoms with van der Waals surface area (Å²) in [6.07, 6.45) is 0.753. The highest BCUT2D eigenvalue weighted by Crippen LogP contribution is 2.21. The minimum atomic E-state index is -0.369. The number of aromatic nitrogens is 2. The molecule has 1 heterocycles. The van der Waals surface area contributed by atoms with Gasteiger partial charge in [0.1, 0.15) is 12.4 Å². The van der Waals surface area contributed by atoms with E-state index in [2.05, 4.69) is 15.6 Å². The molecule has 7 nitrogen and oxygen atoms in total. The van der Waals surface area contributed by atoms with Gasteiger partial charge < -0.3 is 19.9 Å². The average Bonchev–Trinajstić information content (AvgIpc) is 3.10. The van der Waals surface area contributed by atoms with Crippen LogP contribution in [0.25, 0.3) is 11.0 Å². The van der Waals surface area contributed by atoms with E-state index in [1.165, 1.54) is 0 Å². The van der Waals surface area contributed by atoms with Gasteiger partial charge in [-0.3, -0.25) is 9.59 Å². The molecule has 0 saturated carbocycles. The van der Waals surface area contributed by atoms with Crippen LogP contribution in [0.4, 0.5) is 0 Å². The first-order valence-corrected chi connectivity index (χ1v) is 10.1. The minimum absolute atomic E-state index is 0.104. The van der Waals surface area contributed by atoms with Crippen molar-refractivity contribution < 1.29 is 14.3 Å². The molecule has 0 fully saturated rings. The topological polar surface area (TPSA) is 85.2 Å². The summed E-state index contributed by atoms with van der Waals surface area (Å²) in [6, 6.07) is 14.7. The Morgan fingerprint density at radius 3 is 2.73 bits per heavy atom. The first-order valence-electron chi connectivity index (χ1n) is 10.1. The average molecular weight is 409 g/mol. The van der Waals surface area contributed by atoms with Crippen LogP contribution in [0.5, 0.6) is 0 Å². The van der Waals surface area contributed by atoms with E-state index in [0.717, 1.165) is 23.0 Å². The Morgan fingerprint density at radius 2 is 1.97 bits per heavy atom. The second-order valence-corrected chi connectivity index (χ2v) is 7.31. The fourth-order valence-corrected chi connectivity index (χ4v) is 3.37. The van der Waals surface area contributed by atoms with Gasteiger partial charge in [-0.25, -0.2) is 4.98 Å². The van der Waals surface area contributed by atoms with E-state index in [0.29, 0.717) is 24.5 Å². The fourth-order valence-electron chi connectivity index (χ4n) is 3.37. The number of amides is 2. The zero-order valence-electron chi connectivity index (χ0n) is 17.6. The molecule has 2 N–H and O–H groups in total. The van der Waals surface area contributed by atoms with Gasteiger partial charge in [0.15, 0.2) is 0 Å². The van der Waals surface area contributed by atoms with Gasteiger partial charge in [-0.1, -0.05) is 29.8 Å². The fraction of sp³-hybridized carbons (Fsp3) is 0.348. The summed E-state index contributed by atoms with van der Waals surface area (Å²) < 4.78 is 6.88. The van der Waals surface area contributed by atoms with Gasteiger partial charge in [-0.15, -0.1) is 0 Å². The van der Waals surface area contributed by atoms with Crippen LogP contribution in [-0.4, -0.2) is 41.6 Å². The van der Waals surface area contributed by atoms with Gasteiger partial charge in [0.2, 0.25) is 5.91 Å². The van der Waals surface area contributed by atoms with E-state index in [4.69, 9.17) is 4.74 Å². The number of nitrogens with one attached hydrogen (secondary N) is 2. The lowest BCUT2D eigenvalue weighted by molar-refractivity contribution is -0.121. The molecule has 0 aliphatic heterocycles. The lowest BCUT2D eigenvalue weighted by Gasteiger charge is -2.16. The maximum atomic E-state index is 12.7. The molecule has 0 spiro atoms. The monoisotopic (exact) mass is 408 g/mol. The molecule has 3 aromatic rings. The number of hydrogen-bond acceptors (Lipinski definition) is 4. The number of hydrogen-bond donors (Lipinski definition) is 2. The quantitative estimate of drug-likeness (QED) is 0.533. The van der Waals surface area contributed by atoms with Crippen LogP contribution in [0.15, 0.2) is 48.5 Å². The molecule has 7 heteroatoms. The minimum Gasteiger partial charge on any atom is -0.385 e. The Kier molecular flexibility index (Phi) is 7.19. The highest BCUT2D eigenvalue weighted by molar-refractivity contribution is 5.94. The van der Waals surface area contributed by atoms with Crippen LogP contribution >= 0.6 is 0 Å². The van der Waals surface area contributed by atoms with Crippen molar-refractivity contribution in [2.45, 2.75) is 32.9 Å². The summed E-state index contributed by atoms with van der Waals surface area (Å²) >= 11 is 0. The summed E-state index contributed by atoms with van der Waals surface area (Å²) in [5, 5.41) is 5.91. The molecule has 3 rings (SSSR count). The van der Waals surface area contributed by atoms with Crippen molar-refractivity contribution in [1.29, 1.82) is 0 Å². The van der Waals surface area contributed by atoms with Crippen LogP contribution in [0.2, 0.25) is 0 Å². The molecular formula is C23H28N4O3. The summed E-state index contributed by atoms with van der Waals surface area (Å²) in [7, 11) is 1.64. The molecular weight excluding hydrogens is 380 g/mol. The van der Waals surface area contributed by atoms with Crippen LogP contribution in [-0.2, 0) is 16.1 Å². The number of carbonyl (C=O) groups excluding carboxylic acids is 2. The number of carbonyl (C=O) groups is 2. The molecule has 1 aromatic heterocycles. The molecule has 1 unspecified atom stereocenters. The second-order valence-electron chi connectivity index (χ2n) is 7.31. The Labute approximate surface area is 176 Å². The predicted molar refractivity (Wildman–Crippen MR) is 116 cm³/mol. The highest BCUT2D eigenvalue weighted by Gasteiger charge is 2.20. The first kappa shape index (κ1) is 21.5. The normalized spacial score (nSPS) is 12.0. The standard InChI is InChI=1S/C23H28N4O3/c1-16-8-6-9-18(14-16)23(29)25-17(2)22-26-19-10-4-5-11-20(19)27(22)15-21(28)24-12-7-13-30-3/h4-6,8-11,14,17H,7,12-13,15H2,1-3H3,(H,24,28)(H,25,29). The summed E-state index contributed by atoms with van der Waals surface area (Å²) in [5.41, 5.74) is 3.26. The first-order chi connectivity index (χ1) is 14.5. The molecule has 2 amide bonds.